The first-order chi connectivity index (χ1) is 5.70. The zero-order chi connectivity index (χ0) is 9.40. The molecular weight excluding hydrogens is 152 g/mol. The minimum absolute atomic E-state index is 0.171. The number of carbonyl (C=O) groups is 1. The maximum Gasteiger partial charge on any atom is 0.309 e. The average molecular weight is 170 g/mol. The minimum atomic E-state index is -0.171. The Hall–Kier alpha value is -0.790. The third-order valence-electron chi connectivity index (χ3n) is 1.91. The van der Waals surface area contributed by atoms with E-state index in [2.05, 4.69) is 18.6 Å². The van der Waals surface area contributed by atoms with Crippen LogP contribution in [0.25, 0.3) is 0 Å². The predicted octanol–water partition coefficient (Wildman–Crippen LogP) is 2.54. The molecule has 0 aliphatic heterocycles. The number of methoxy groups -OCH3 is 1. The molecule has 1 atom stereocenters. The molecule has 0 amide bonds. The molecule has 0 heterocycles. The summed E-state index contributed by atoms with van der Waals surface area (Å²) in [6.07, 6.45) is 6.55. The van der Waals surface area contributed by atoms with Gasteiger partial charge in [0.05, 0.1) is 13.5 Å². The van der Waals surface area contributed by atoms with Gasteiger partial charge in [-0.05, 0) is 12.3 Å². The minimum Gasteiger partial charge on any atom is -0.469 e. The van der Waals surface area contributed by atoms with Crippen molar-refractivity contribution in [3.05, 3.63) is 12.2 Å². The molecule has 0 saturated heterocycles. The van der Waals surface area contributed by atoms with Crippen LogP contribution in [-0.4, -0.2) is 13.1 Å². The van der Waals surface area contributed by atoms with Crippen molar-refractivity contribution in [1.82, 2.24) is 0 Å². The Morgan fingerprint density at radius 2 is 2.17 bits per heavy atom. The van der Waals surface area contributed by atoms with Gasteiger partial charge in [0.1, 0.15) is 0 Å². The van der Waals surface area contributed by atoms with Crippen molar-refractivity contribution in [3.63, 3.8) is 0 Å². The smallest absolute Gasteiger partial charge is 0.309 e. The lowest BCUT2D eigenvalue weighted by atomic mass is 10.1. The molecule has 0 fully saturated rings. The molecule has 0 aromatic carbocycles. The van der Waals surface area contributed by atoms with Gasteiger partial charge >= 0.3 is 5.97 Å². The van der Waals surface area contributed by atoms with Crippen LogP contribution in [0.2, 0.25) is 0 Å². The molecule has 0 bridgehead atoms. The van der Waals surface area contributed by atoms with E-state index in [1.165, 1.54) is 13.5 Å². The highest BCUT2D eigenvalue weighted by molar-refractivity contribution is 5.70. The van der Waals surface area contributed by atoms with E-state index < -0.39 is 0 Å². The second kappa shape index (κ2) is 6.89. The van der Waals surface area contributed by atoms with Crippen molar-refractivity contribution in [2.24, 2.45) is 5.92 Å². The maximum absolute atomic E-state index is 10.7. The normalized spacial score (nSPS) is 13.2. The second-order valence-corrected chi connectivity index (χ2v) is 3.00. The average Bonchev–Trinajstić information content (AvgIpc) is 2.11. The first-order valence-electron chi connectivity index (χ1n) is 4.42. The lowest BCUT2D eigenvalue weighted by Crippen LogP contribution is -1.97. The van der Waals surface area contributed by atoms with Crippen molar-refractivity contribution >= 4 is 5.97 Å². The Balaban J connectivity index is 3.43. The summed E-state index contributed by atoms with van der Waals surface area (Å²) >= 11 is 0. The third kappa shape index (κ3) is 5.96. The summed E-state index contributed by atoms with van der Waals surface area (Å²) in [5.41, 5.74) is 0. The Kier molecular flexibility index (Phi) is 6.44. The van der Waals surface area contributed by atoms with E-state index in [1.807, 2.05) is 12.2 Å². The fraction of sp³-hybridized carbons (Fsp3) is 0.700. The van der Waals surface area contributed by atoms with Crippen LogP contribution in [-0.2, 0) is 9.53 Å². The van der Waals surface area contributed by atoms with Crippen molar-refractivity contribution in [2.45, 2.75) is 33.1 Å². The molecule has 0 aliphatic rings. The number of rotatable bonds is 5. The van der Waals surface area contributed by atoms with Crippen molar-refractivity contribution in [3.8, 4) is 0 Å². The Bertz CT molecular complexity index is 150. The highest BCUT2D eigenvalue weighted by Crippen LogP contribution is 2.06. The first-order valence-corrected chi connectivity index (χ1v) is 4.42. The molecule has 2 heteroatoms. The van der Waals surface area contributed by atoms with Gasteiger partial charge in [-0.3, -0.25) is 4.79 Å². The van der Waals surface area contributed by atoms with E-state index in [0.717, 1.165) is 6.42 Å². The second-order valence-electron chi connectivity index (χ2n) is 3.00. The van der Waals surface area contributed by atoms with Crippen LogP contribution in [0.15, 0.2) is 12.2 Å². The van der Waals surface area contributed by atoms with Crippen LogP contribution in [0, 0.1) is 5.92 Å². The lowest BCUT2D eigenvalue weighted by Gasteiger charge is -2.01. The lowest BCUT2D eigenvalue weighted by molar-refractivity contribution is -0.139. The number of esters is 1. The summed E-state index contributed by atoms with van der Waals surface area (Å²) in [6.45, 7) is 4.36. The van der Waals surface area contributed by atoms with Crippen molar-refractivity contribution in [1.29, 1.82) is 0 Å². The van der Waals surface area contributed by atoms with Crippen LogP contribution in [0.1, 0.15) is 33.1 Å². The van der Waals surface area contributed by atoms with Crippen LogP contribution < -0.4 is 0 Å². The number of hydrogen-bond acceptors (Lipinski definition) is 2. The molecule has 0 N–H and O–H groups in total. The molecular formula is C10H18O2. The standard InChI is InChI=1S/C10H18O2/c1-4-9(2)7-5-6-8-10(11)12-3/h5-6,9H,4,7-8H2,1-3H3. The van der Waals surface area contributed by atoms with Gasteiger partial charge in [-0.25, -0.2) is 0 Å². The molecule has 0 aromatic rings. The molecule has 1 unspecified atom stereocenters. The van der Waals surface area contributed by atoms with E-state index in [-0.39, 0.29) is 5.97 Å². The van der Waals surface area contributed by atoms with Crippen molar-refractivity contribution in [2.75, 3.05) is 7.11 Å². The van der Waals surface area contributed by atoms with E-state index >= 15 is 0 Å². The van der Waals surface area contributed by atoms with Gasteiger partial charge < -0.3 is 4.74 Å². The summed E-state index contributed by atoms with van der Waals surface area (Å²) in [5.74, 6) is 0.536. The topological polar surface area (TPSA) is 26.3 Å². The van der Waals surface area contributed by atoms with Gasteiger partial charge in [0, 0.05) is 0 Å². The maximum atomic E-state index is 10.7. The van der Waals surface area contributed by atoms with Crippen LogP contribution in [0.3, 0.4) is 0 Å². The highest BCUT2D eigenvalue weighted by Gasteiger charge is 1.95. The van der Waals surface area contributed by atoms with Gasteiger partial charge in [0.25, 0.3) is 0 Å². The Labute approximate surface area is 74.6 Å². The monoisotopic (exact) mass is 170 g/mol. The quantitative estimate of drug-likeness (QED) is 0.468. The van der Waals surface area contributed by atoms with E-state index in [1.54, 1.807) is 0 Å². The van der Waals surface area contributed by atoms with Crippen LogP contribution in [0.4, 0.5) is 0 Å². The molecule has 0 spiro atoms. The van der Waals surface area contributed by atoms with Gasteiger partial charge in [-0.2, -0.15) is 0 Å². The van der Waals surface area contributed by atoms with E-state index in [4.69, 9.17) is 0 Å². The summed E-state index contributed by atoms with van der Waals surface area (Å²) in [4.78, 5) is 10.7. The molecule has 0 aromatic heterocycles. The zero-order valence-electron chi connectivity index (χ0n) is 8.17. The number of hydrogen-bond donors (Lipinski definition) is 0. The first kappa shape index (κ1) is 11.2. The number of allylic oxidation sites excluding steroid dienone is 1. The highest BCUT2D eigenvalue weighted by atomic mass is 16.5. The van der Waals surface area contributed by atoms with Gasteiger partial charge in [-0.15, -0.1) is 0 Å². The number of carbonyl (C=O) groups excluding carboxylic acids is 1. The molecule has 12 heavy (non-hydrogen) atoms. The fourth-order valence-electron chi connectivity index (χ4n) is 0.758. The summed E-state index contributed by atoms with van der Waals surface area (Å²) in [6, 6.07) is 0. The molecule has 2 nitrogen and oxygen atoms in total. The largest absolute Gasteiger partial charge is 0.469 e. The molecule has 0 aliphatic carbocycles. The third-order valence-corrected chi connectivity index (χ3v) is 1.91. The SMILES string of the molecule is CCC(C)CC=CCC(=O)OC. The summed E-state index contributed by atoms with van der Waals surface area (Å²) in [5, 5.41) is 0. The van der Waals surface area contributed by atoms with Crippen molar-refractivity contribution < 1.29 is 9.53 Å². The molecule has 0 saturated carbocycles. The predicted molar refractivity (Wildman–Crippen MR) is 49.8 cm³/mol. The Morgan fingerprint density at radius 1 is 1.50 bits per heavy atom. The van der Waals surface area contributed by atoms with Gasteiger partial charge in [-0.1, -0.05) is 32.4 Å². The summed E-state index contributed by atoms with van der Waals surface area (Å²) in [7, 11) is 1.41. The van der Waals surface area contributed by atoms with Crippen LogP contribution in [0.5, 0.6) is 0 Å². The van der Waals surface area contributed by atoms with Gasteiger partial charge in [0.15, 0.2) is 0 Å². The molecule has 0 radical (unpaired) electrons. The molecule has 70 valence electrons. The van der Waals surface area contributed by atoms with Crippen LogP contribution >= 0.6 is 0 Å². The zero-order valence-corrected chi connectivity index (χ0v) is 8.17. The van der Waals surface area contributed by atoms with E-state index in [0.29, 0.717) is 12.3 Å². The fourth-order valence-corrected chi connectivity index (χ4v) is 0.758. The van der Waals surface area contributed by atoms with Gasteiger partial charge in [0.2, 0.25) is 0 Å². The molecule has 0 rings (SSSR count). The Morgan fingerprint density at radius 3 is 2.67 bits per heavy atom. The van der Waals surface area contributed by atoms with E-state index in [9.17, 15) is 4.79 Å². The summed E-state index contributed by atoms with van der Waals surface area (Å²) < 4.78 is 4.49. The number of ether oxygens (including phenoxy) is 1.